The summed E-state index contributed by atoms with van der Waals surface area (Å²) in [6, 6.07) is 16.0. The van der Waals surface area contributed by atoms with Gasteiger partial charge in [-0.1, -0.05) is 61.4 Å². The minimum Gasteiger partial charge on any atom is -0.481 e. The molecule has 1 fully saturated rings. The summed E-state index contributed by atoms with van der Waals surface area (Å²) in [5.41, 5.74) is 4.71. The molecule has 0 aromatic heterocycles. The topological polar surface area (TPSA) is 105 Å². The van der Waals surface area contributed by atoms with Gasteiger partial charge in [0.05, 0.1) is 5.92 Å². The van der Waals surface area contributed by atoms with Crippen molar-refractivity contribution in [3.63, 3.8) is 0 Å². The fraction of sp³-hybridized carbons (Fsp3) is 0.464. The Hall–Kier alpha value is -3.35. The second-order valence-corrected chi connectivity index (χ2v) is 9.67. The van der Waals surface area contributed by atoms with Crippen LogP contribution < -0.4 is 10.6 Å². The highest BCUT2D eigenvalue weighted by Gasteiger charge is 2.32. The van der Waals surface area contributed by atoms with Crippen molar-refractivity contribution in [2.24, 2.45) is 5.92 Å². The van der Waals surface area contributed by atoms with Crippen LogP contribution in [0.15, 0.2) is 48.5 Å². The number of fused-ring (bicyclic) bond motifs is 3. The number of carboxylic acid groups (broad SMARTS) is 1. The Kier molecular flexibility index (Phi) is 8.06. The van der Waals surface area contributed by atoms with Crippen molar-refractivity contribution >= 4 is 18.0 Å². The highest BCUT2D eigenvalue weighted by molar-refractivity contribution is 5.79. The van der Waals surface area contributed by atoms with Gasteiger partial charge < -0.3 is 20.5 Å². The third-order valence-electron chi connectivity index (χ3n) is 7.18. The van der Waals surface area contributed by atoms with Crippen LogP contribution in [-0.2, 0) is 14.3 Å². The van der Waals surface area contributed by atoms with Crippen LogP contribution in [-0.4, -0.2) is 41.8 Å². The minimum absolute atomic E-state index is 0.0153. The molecule has 2 aromatic rings. The highest BCUT2D eigenvalue weighted by Crippen LogP contribution is 2.44. The molecule has 7 heteroatoms. The first-order valence-corrected chi connectivity index (χ1v) is 12.6. The maximum absolute atomic E-state index is 12.4. The van der Waals surface area contributed by atoms with Crippen molar-refractivity contribution in [3.05, 3.63) is 59.7 Å². The van der Waals surface area contributed by atoms with E-state index >= 15 is 0 Å². The van der Waals surface area contributed by atoms with Crippen LogP contribution >= 0.6 is 0 Å². The molecule has 0 aliphatic heterocycles. The summed E-state index contributed by atoms with van der Waals surface area (Å²) in [6.07, 6.45) is 4.23. The largest absolute Gasteiger partial charge is 0.481 e. The number of hydrogen-bond donors (Lipinski definition) is 3. The monoisotopic (exact) mass is 478 g/mol. The number of carbonyl (C=O) groups is 3. The molecular formula is C28H34N2O5. The first-order valence-electron chi connectivity index (χ1n) is 12.6. The van der Waals surface area contributed by atoms with Gasteiger partial charge in [0.2, 0.25) is 5.91 Å². The van der Waals surface area contributed by atoms with E-state index in [0.717, 1.165) is 12.8 Å². The Bertz CT molecular complexity index is 1020. The first-order chi connectivity index (χ1) is 16.9. The number of rotatable bonds is 9. The lowest BCUT2D eigenvalue weighted by molar-refractivity contribution is -0.144. The molecule has 3 atom stereocenters. The van der Waals surface area contributed by atoms with E-state index < -0.39 is 18.0 Å². The molecule has 186 valence electrons. The molecule has 2 amide bonds. The predicted molar refractivity (Wildman–Crippen MR) is 133 cm³/mol. The molecule has 2 aliphatic rings. The van der Waals surface area contributed by atoms with Gasteiger partial charge in [0.25, 0.3) is 0 Å². The average molecular weight is 479 g/mol. The number of carboxylic acids is 1. The van der Waals surface area contributed by atoms with E-state index in [1.807, 2.05) is 31.2 Å². The first kappa shape index (κ1) is 24.8. The van der Waals surface area contributed by atoms with Crippen molar-refractivity contribution in [2.75, 3.05) is 6.61 Å². The fourth-order valence-electron chi connectivity index (χ4n) is 5.36. The quantitative estimate of drug-likeness (QED) is 0.478. The molecule has 0 spiro atoms. The number of alkyl carbamates (subject to hydrolysis) is 1. The van der Waals surface area contributed by atoms with E-state index in [1.165, 1.54) is 22.3 Å². The molecule has 0 heterocycles. The van der Waals surface area contributed by atoms with Crippen LogP contribution in [0.5, 0.6) is 0 Å². The van der Waals surface area contributed by atoms with Crippen molar-refractivity contribution in [1.29, 1.82) is 0 Å². The zero-order valence-electron chi connectivity index (χ0n) is 20.2. The normalized spacial score (nSPS) is 19.8. The third kappa shape index (κ3) is 6.02. The summed E-state index contributed by atoms with van der Waals surface area (Å²) in [6.45, 7) is 2.15. The third-order valence-corrected chi connectivity index (χ3v) is 7.18. The molecule has 1 saturated carbocycles. The minimum atomic E-state index is -0.837. The second kappa shape index (κ2) is 11.4. The van der Waals surface area contributed by atoms with E-state index in [4.69, 9.17) is 4.74 Å². The molecule has 7 nitrogen and oxygen atoms in total. The zero-order valence-corrected chi connectivity index (χ0v) is 20.2. The molecule has 3 N–H and O–H groups in total. The molecular weight excluding hydrogens is 444 g/mol. The van der Waals surface area contributed by atoms with Crippen LogP contribution in [0.2, 0.25) is 0 Å². The number of ether oxygens (including phenoxy) is 1. The summed E-state index contributed by atoms with van der Waals surface area (Å²) in [5, 5.41) is 15.1. The van der Waals surface area contributed by atoms with Gasteiger partial charge in [0.15, 0.2) is 0 Å². The predicted octanol–water partition coefficient (Wildman–Crippen LogP) is 4.84. The summed E-state index contributed by atoms with van der Waals surface area (Å²) >= 11 is 0. The summed E-state index contributed by atoms with van der Waals surface area (Å²) in [5.74, 6) is -1.45. The highest BCUT2D eigenvalue weighted by atomic mass is 16.5. The van der Waals surface area contributed by atoms with Crippen LogP contribution in [0.1, 0.15) is 68.9 Å². The molecule has 0 radical (unpaired) electrons. The summed E-state index contributed by atoms with van der Waals surface area (Å²) in [4.78, 5) is 36.2. The molecule has 2 aliphatic carbocycles. The van der Waals surface area contributed by atoms with Gasteiger partial charge in [-0.15, -0.1) is 0 Å². The number of hydrogen-bond acceptors (Lipinski definition) is 4. The van der Waals surface area contributed by atoms with Gasteiger partial charge in [0.1, 0.15) is 6.61 Å². The van der Waals surface area contributed by atoms with Gasteiger partial charge in [-0.2, -0.15) is 0 Å². The van der Waals surface area contributed by atoms with Gasteiger partial charge in [-0.25, -0.2) is 4.79 Å². The standard InChI is InChI=1S/C28H34N2O5/c1-18(9-8-16-26(31)30-25-15-7-6-14-23(25)27(32)33)29-28(34)35-17-24-21-12-4-2-10-19(21)20-11-3-5-13-22(20)24/h2-5,10-13,18,23-25H,6-9,14-17H2,1H3,(H,29,34)(H,30,31)(H,32,33). The van der Waals surface area contributed by atoms with Crippen molar-refractivity contribution in [1.82, 2.24) is 10.6 Å². The lowest BCUT2D eigenvalue weighted by atomic mass is 9.84. The molecule has 0 saturated heterocycles. The Labute approximate surface area is 206 Å². The fourth-order valence-corrected chi connectivity index (χ4v) is 5.36. The maximum atomic E-state index is 12.4. The number of benzene rings is 2. The Morgan fingerprint density at radius 2 is 1.63 bits per heavy atom. The zero-order chi connectivity index (χ0) is 24.8. The number of carbonyl (C=O) groups excluding carboxylic acids is 2. The lowest BCUT2D eigenvalue weighted by Gasteiger charge is -2.29. The Morgan fingerprint density at radius 3 is 2.29 bits per heavy atom. The van der Waals surface area contributed by atoms with Crippen molar-refractivity contribution in [3.8, 4) is 11.1 Å². The van der Waals surface area contributed by atoms with Crippen LogP contribution in [0.4, 0.5) is 4.79 Å². The average Bonchev–Trinajstić information content (AvgIpc) is 3.16. The van der Waals surface area contributed by atoms with Gasteiger partial charge in [0, 0.05) is 24.4 Å². The summed E-state index contributed by atoms with van der Waals surface area (Å²) in [7, 11) is 0. The van der Waals surface area contributed by atoms with Crippen molar-refractivity contribution < 1.29 is 24.2 Å². The van der Waals surface area contributed by atoms with Crippen LogP contribution in [0, 0.1) is 5.92 Å². The molecule has 0 bridgehead atoms. The molecule has 4 rings (SSSR count). The van der Waals surface area contributed by atoms with Gasteiger partial charge in [-0.3, -0.25) is 9.59 Å². The summed E-state index contributed by atoms with van der Waals surface area (Å²) < 4.78 is 5.59. The molecule has 3 unspecified atom stereocenters. The van der Waals surface area contributed by atoms with E-state index in [2.05, 4.69) is 34.9 Å². The van der Waals surface area contributed by atoms with Gasteiger partial charge >= 0.3 is 12.1 Å². The number of nitrogens with one attached hydrogen (secondary N) is 2. The Morgan fingerprint density at radius 1 is 1.00 bits per heavy atom. The smallest absolute Gasteiger partial charge is 0.407 e. The van der Waals surface area contributed by atoms with Gasteiger partial charge in [-0.05, 0) is 54.9 Å². The lowest BCUT2D eigenvalue weighted by Crippen LogP contribution is -2.45. The van der Waals surface area contributed by atoms with E-state index in [1.54, 1.807) is 0 Å². The van der Waals surface area contributed by atoms with E-state index in [-0.39, 0.29) is 30.5 Å². The second-order valence-electron chi connectivity index (χ2n) is 9.67. The van der Waals surface area contributed by atoms with E-state index in [9.17, 15) is 19.5 Å². The Balaban J connectivity index is 1.19. The van der Waals surface area contributed by atoms with Crippen molar-refractivity contribution in [2.45, 2.75) is 69.9 Å². The number of aliphatic carboxylic acids is 1. The molecule has 2 aromatic carbocycles. The SMILES string of the molecule is CC(CCCC(=O)NC1CCCCC1C(=O)O)NC(=O)OCC1c2ccccc2-c2ccccc21. The maximum Gasteiger partial charge on any atom is 0.407 e. The van der Waals surface area contributed by atoms with Crippen LogP contribution in [0.25, 0.3) is 11.1 Å². The van der Waals surface area contributed by atoms with Crippen LogP contribution in [0.3, 0.4) is 0 Å². The molecule has 35 heavy (non-hydrogen) atoms. The number of amides is 2. The van der Waals surface area contributed by atoms with E-state index in [0.29, 0.717) is 32.1 Å².